The molecule has 66 valence electrons. The largest absolute Gasteiger partial charge is 0.328 e. The molecular weight excluding hydrogens is 134 g/mol. The second-order valence-corrected chi connectivity index (χ2v) is 4.70. The van der Waals surface area contributed by atoms with Gasteiger partial charge in [0, 0.05) is 6.04 Å². The van der Waals surface area contributed by atoms with Crippen LogP contribution in [0.3, 0.4) is 0 Å². The summed E-state index contributed by atoms with van der Waals surface area (Å²) in [5, 5.41) is 0. The van der Waals surface area contributed by atoms with E-state index in [1.807, 2.05) is 0 Å². The van der Waals surface area contributed by atoms with Gasteiger partial charge in [0.25, 0.3) is 0 Å². The highest BCUT2D eigenvalue weighted by Gasteiger charge is 2.33. The average Bonchev–Trinajstić information content (AvgIpc) is 1.84. The molecule has 0 amide bonds. The molecule has 0 aliphatic heterocycles. The summed E-state index contributed by atoms with van der Waals surface area (Å²) in [6.07, 6.45) is 5.60. The van der Waals surface area contributed by atoms with Gasteiger partial charge in [0.2, 0.25) is 0 Å². The van der Waals surface area contributed by atoms with Crippen LogP contribution < -0.4 is 5.73 Å². The Morgan fingerprint density at radius 1 is 1.36 bits per heavy atom. The van der Waals surface area contributed by atoms with Crippen LogP contribution in [0.2, 0.25) is 0 Å². The quantitative estimate of drug-likeness (QED) is 0.666. The van der Waals surface area contributed by atoms with E-state index in [1.165, 1.54) is 25.7 Å². The number of hydrogen-bond acceptors (Lipinski definition) is 1. The summed E-state index contributed by atoms with van der Waals surface area (Å²) in [5.74, 6) is 0.695. The van der Waals surface area contributed by atoms with Crippen molar-refractivity contribution >= 4 is 0 Å². The highest BCUT2D eigenvalue weighted by Crippen LogP contribution is 2.45. The van der Waals surface area contributed by atoms with E-state index in [1.54, 1.807) is 0 Å². The zero-order valence-corrected chi connectivity index (χ0v) is 8.06. The minimum absolute atomic E-state index is 0.368. The Hall–Kier alpha value is -0.0400. The first-order valence-corrected chi connectivity index (χ1v) is 4.79. The maximum absolute atomic E-state index is 5.82. The maximum atomic E-state index is 5.82. The summed E-state index contributed by atoms with van der Waals surface area (Å²) in [7, 11) is 0. The summed E-state index contributed by atoms with van der Waals surface area (Å²) in [4.78, 5) is 0. The van der Waals surface area contributed by atoms with Crippen molar-refractivity contribution in [2.75, 3.05) is 0 Å². The third-order valence-electron chi connectivity index (χ3n) is 3.27. The Morgan fingerprint density at radius 3 is 2.18 bits per heavy atom. The van der Waals surface area contributed by atoms with Crippen LogP contribution in [0.1, 0.15) is 46.5 Å². The summed E-state index contributed by atoms with van der Waals surface area (Å²) in [6.45, 7) is 6.79. The van der Waals surface area contributed by atoms with E-state index in [0.29, 0.717) is 17.4 Å². The van der Waals surface area contributed by atoms with E-state index in [-0.39, 0.29) is 0 Å². The van der Waals surface area contributed by atoms with Gasteiger partial charge in [0.1, 0.15) is 0 Å². The molecule has 2 atom stereocenters. The molecule has 1 rings (SSSR count). The lowest BCUT2D eigenvalue weighted by atomic mass is 9.65. The lowest BCUT2D eigenvalue weighted by molar-refractivity contribution is 0.115. The Morgan fingerprint density at radius 2 is 1.91 bits per heavy atom. The third-order valence-corrected chi connectivity index (χ3v) is 3.27. The summed E-state index contributed by atoms with van der Waals surface area (Å²) in [6, 6.07) is 0.368. The molecule has 1 fully saturated rings. The van der Waals surface area contributed by atoms with E-state index < -0.39 is 0 Å². The Kier molecular flexibility index (Phi) is 2.58. The summed E-state index contributed by atoms with van der Waals surface area (Å²) >= 11 is 0. The van der Waals surface area contributed by atoms with Crippen LogP contribution in [0.4, 0.5) is 0 Å². The Balaban J connectivity index is 2.29. The van der Waals surface area contributed by atoms with Crippen molar-refractivity contribution in [3.8, 4) is 0 Å². The molecular formula is C10H21N. The molecule has 1 heteroatoms. The smallest absolute Gasteiger partial charge is 0.00363 e. The van der Waals surface area contributed by atoms with Gasteiger partial charge in [-0.1, -0.05) is 20.3 Å². The molecule has 0 bridgehead atoms. The number of rotatable bonds is 3. The number of nitrogens with two attached hydrogens (primary N) is 1. The molecule has 0 radical (unpaired) electrons. The van der Waals surface area contributed by atoms with Gasteiger partial charge >= 0.3 is 0 Å². The Bertz CT molecular complexity index is 125. The Labute approximate surface area is 70.4 Å². The molecule has 1 aliphatic rings. The predicted octanol–water partition coefficient (Wildman–Crippen LogP) is 2.55. The van der Waals surface area contributed by atoms with Gasteiger partial charge < -0.3 is 5.73 Å². The van der Waals surface area contributed by atoms with Gasteiger partial charge in [-0.05, 0) is 37.5 Å². The molecule has 0 aromatic carbocycles. The number of hydrogen-bond donors (Lipinski definition) is 1. The van der Waals surface area contributed by atoms with Crippen molar-refractivity contribution in [2.45, 2.75) is 52.5 Å². The van der Waals surface area contributed by atoms with Crippen molar-refractivity contribution in [3.05, 3.63) is 0 Å². The lowest BCUT2D eigenvalue weighted by Crippen LogP contribution is -2.33. The molecule has 0 saturated heterocycles. The molecule has 11 heavy (non-hydrogen) atoms. The minimum Gasteiger partial charge on any atom is -0.328 e. The second kappa shape index (κ2) is 3.14. The van der Waals surface area contributed by atoms with Crippen LogP contribution in [0.15, 0.2) is 0 Å². The second-order valence-electron chi connectivity index (χ2n) is 4.70. The van der Waals surface area contributed by atoms with Gasteiger partial charge in [-0.15, -0.1) is 0 Å². The predicted molar refractivity (Wildman–Crippen MR) is 49.4 cm³/mol. The van der Waals surface area contributed by atoms with Gasteiger partial charge in [-0.2, -0.15) is 0 Å². The van der Waals surface area contributed by atoms with E-state index >= 15 is 0 Å². The monoisotopic (exact) mass is 155 g/mol. The van der Waals surface area contributed by atoms with Crippen molar-refractivity contribution in [2.24, 2.45) is 17.1 Å². The molecule has 0 heterocycles. The fourth-order valence-electron chi connectivity index (χ4n) is 1.95. The van der Waals surface area contributed by atoms with Crippen molar-refractivity contribution < 1.29 is 0 Å². The molecule has 1 aliphatic carbocycles. The van der Waals surface area contributed by atoms with Gasteiger partial charge in [0.05, 0.1) is 0 Å². The summed E-state index contributed by atoms with van der Waals surface area (Å²) < 4.78 is 0. The fraction of sp³-hybridized carbons (Fsp3) is 1.00. The fourth-order valence-corrected chi connectivity index (χ4v) is 1.95. The van der Waals surface area contributed by atoms with Crippen molar-refractivity contribution in [3.63, 3.8) is 0 Å². The lowest BCUT2D eigenvalue weighted by Gasteiger charge is -2.41. The first-order valence-electron chi connectivity index (χ1n) is 4.79. The van der Waals surface area contributed by atoms with E-state index in [2.05, 4.69) is 20.8 Å². The SMILES string of the molecule is CC(N)C(C)CC1(C)CCC1. The van der Waals surface area contributed by atoms with Gasteiger partial charge in [-0.3, -0.25) is 0 Å². The summed E-state index contributed by atoms with van der Waals surface area (Å²) in [5.41, 5.74) is 6.47. The molecule has 0 aromatic rings. The normalized spacial score (nSPS) is 27.3. The van der Waals surface area contributed by atoms with Crippen LogP contribution in [0, 0.1) is 11.3 Å². The molecule has 0 aromatic heterocycles. The van der Waals surface area contributed by atoms with Crippen LogP contribution in [-0.2, 0) is 0 Å². The van der Waals surface area contributed by atoms with Gasteiger partial charge in [0.15, 0.2) is 0 Å². The van der Waals surface area contributed by atoms with Crippen LogP contribution in [-0.4, -0.2) is 6.04 Å². The van der Waals surface area contributed by atoms with Crippen LogP contribution in [0.25, 0.3) is 0 Å². The molecule has 0 spiro atoms. The molecule has 2 unspecified atom stereocenters. The molecule has 2 N–H and O–H groups in total. The van der Waals surface area contributed by atoms with E-state index in [4.69, 9.17) is 5.73 Å². The van der Waals surface area contributed by atoms with E-state index in [0.717, 1.165) is 0 Å². The maximum Gasteiger partial charge on any atom is 0.00363 e. The topological polar surface area (TPSA) is 26.0 Å². The molecule has 1 nitrogen and oxygen atoms in total. The third kappa shape index (κ3) is 2.19. The van der Waals surface area contributed by atoms with Crippen LogP contribution >= 0.6 is 0 Å². The molecule has 1 saturated carbocycles. The zero-order valence-electron chi connectivity index (χ0n) is 8.06. The standard InChI is InChI=1S/C10H21N/c1-8(9(2)11)7-10(3)5-4-6-10/h8-9H,4-7,11H2,1-3H3. The van der Waals surface area contributed by atoms with Crippen molar-refractivity contribution in [1.82, 2.24) is 0 Å². The highest BCUT2D eigenvalue weighted by molar-refractivity contribution is 4.86. The van der Waals surface area contributed by atoms with Gasteiger partial charge in [-0.25, -0.2) is 0 Å². The minimum atomic E-state index is 0.368. The first-order chi connectivity index (χ1) is 5.03. The van der Waals surface area contributed by atoms with E-state index in [9.17, 15) is 0 Å². The van der Waals surface area contributed by atoms with Crippen molar-refractivity contribution in [1.29, 1.82) is 0 Å². The van der Waals surface area contributed by atoms with Crippen LogP contribution in [0.5, 0.6) is 0 Å². The first kappa shape index (κ1) is 9.05. The zero-order chi connectivity index (χ0) is 8.48. The highest BCUT2D eigenvalue weighted by atomic mass is 14.6. The average molecular weight is 155 g/mol.